The average molecular weight is 290 g/mol. The highest BCUT2D eigenvalue weighted by atomic mass is 16.4. The summed E-state index contributed by atoms with van der Waals surface area (Å²) in [6, 6.07) is 5.37. The van der Waals surface area contributed by atoms with Crippen molar-refractivity contribution in [2.24, 2.45) is 0 Å². The number of carboxylic acid groups (broad SMARTS) is 1. The molecule has 5 heteroatoms. The molecule has 5 nitrogen and oxygen atoms in total. The second kappa shape index (κ2) is 6.72. The highest BCUT2D eigenvalue weighted by Crippen LogP contribution is 2.28. The molecular weight excluding hydrogens is 268 g/mol. The molecule has 0 aliphatic carbocycles. The van der Waals surface area contributed by atoms with Crippen LogP contribution in [0.5, 0.6) is 0 Å². The number of anilines is 1. The van der Waals surface area contributed by atoms with Crippen LogP contribution < -0.4 is 10.2 Å². The average Bonchev–Trinajstić information content (AvgIpc) is 2.45. The number of carboxylic acids is 1. The third kappa shape index (κ3) is 3.82. The quantitative estimate of drug-likeness (QED) is 0.871. The van der Waals surface area contributed by atoms with Crippen LogP contribution in [0, 0.1) is 0 Å². The molecule has 1 aliphatic rings. The minimum Gasteiger partial charge on any atom is -0.478 e. The molecule has 0 saturated carbocycles. The van der Waals surface area contributed by atoms with Gasteiger partial charge < -0.3 is 15.3 Å². The Morgan fingerprint density at radius 3 is 2.81 bits per heavy atom. The number of nitrogens with zero attached hydrogens (tertiary/aromatic N) is 1. The summed E-state index contributed by atoms with van der Waals surface area (Å²) < 4.78 is 0. The molecule has 2 rings (SSSR count). The summed E-state index contributed by atoms with van der Waals surface area (Å²) >= 11 is 0. The number of fused-ring (bicyclic) bond motifs is 1. The molecule has 21 heavy (non-hydrogen) atoms. The first kappa shape index (κ1) is 15.5. The van der Waals surface area contributed by atoms with Gasteiger partial charge in [0.15, 0.2) is 0 Å². The van der Waals surface area contributed by atoms with Gasteiger partial charge in [-0.3, -0.25) is 4.79 Å². The Morgan fingerprint density at radius 2 is 2.14 bits per heavy atom. The van der Waals surface area contributed by atoms with Crippen LogP contribution in [-0.2, 0) is 11.2 Å². The van der Waals surface area contributed by atoms with Gasteiger partial charge in [0.1, 0.15) is 0 Å². The number of nitrogens with one attached hydrogen (secondary N) is 1. The predicted molar refractivity (Wildman–Crippen MR) is 81.8 cm³/mol. The molecule has 1 amide bonds. The van der Waals surface area contributed by atoms with Crippen molar-refractivity contribution in [1.82, 2.24) is 5.32 Å². The number of benzene rings is 1. The molecule has 0 saturated heterocycles. The first-order valence-corrected chi connectivity index (χ1v) is 7.39. The fourth-order valence-corrected chi connectivity index (χ4v) is 2.59. The van der Waals surface area contributed by atoms with Crippen LogP contribution >= 0.6 is 0 Å². The van der Waals surface area contributed by atoms with E-state index in [1.54, 1.807) is 23.1 Å². The first-order valence-electron chi connectivity index (χ1n) is 7.39. The lowest BCUT2D eigenvalue weighted by Crippen LogP contribution is -2.37. The highest BCUT2D eigenvalue weighted by Gasteiger charge is 2.23. The fraction of sp³-hybridized carbons (Fsp3) is 0.500. The molecule has 0 spiro atoms. The minimum atomic E-state index is -0.928. The minimum absolute atomic E-state index is 0.0900. The maximum atomic E-state index is 12.3. The van der Waals surface area contributed by atoms with Crippen molar-refractivity contribution in [2.45, 2.75) is 39.2 Å². The van der Waals surface area contributed by atoms with Crippen molar-refractivity contribution in [3.63, 3.8) is 0 Å². The number of carbonyl (C=O) groups excluding carboxylic acids is 1. The summed E-state index contributed by atoms with van der Waals surface area (Å²) in [7, 11) is 0. The third-order valence-electron chi connectivity index (χ3n) is 3.64. The van der Waals surface area contributed by atoms with E-state index < -0.39 is 5.97 Å². The Morgan fingerprint density at radius 1 is 1.38 bits per heavy atom. The summed E-state index contributed by atoms with van der Waals surface area (Å²) in [5, 5.41) is 12.3. The molecule has 0 bridgehead atoms. The molecule has 1 aromatic rings. The van der Waals surface area contributed by atoms with Gasteiger partial charge in [0.25, 0.3) is 0 Å². The largest absolute Gasteiger partial charge is 0.478 e. The van der Waals surface area contributed by atoms with Gasteiger partial charge >= 0.3 is 5.97 Å². The number of hydrogen-bond acceptors (Lipinski definition) is 3. The van der Waals surface area contributed by atoms with Crippen molar-refractivity contribution < 1.29 is 14.7 Å². The van der Waals surface area contributed by atoms with E-state index in [0.717, 1.165) is 24.1 Å². The summed E-state index contributed by atoms with van der Waals surface area (Å²) in [4.78, 5) is 25.1. The normalized spacial score (nSPS) is 14.1. The maximum absolute atomic E-state index is 12.3. The topological polar surface area (TPSA) is 69.6 Å². The van der Waals surface area contributed by atoms with E-state index in [2.05, 4.69) is 5.32 Å². The Balaban J connectivity index is 2.10. The van der Waals surface area contributed by atoms with Crippen LogP contribution in [0.4, 0.5) is 5.69 Å². The van der Waals surface area contributed by atoms with Crippen molar-refractivity contribution in [2.75, 3.05) is 18.0 Å². The monoisotopic (exact) mass is 290 g/mol. The molecular formula is C16H22N2O3. The number of aryl methyl sites for hydroxylation is 1. The van der Waals surface area contributed by atoms with Crippen molar-refractivity contribution in [3.05, 3.63) is 29.3 Å². The zero-order chi connectivity index (χ0) is 15.4. The van der Waals surface area contributed by atoms with Gasteiger partial charge in [-0.1, -0.05) is 13.8 Å². The molecule has 0 unspecified atom stereocenters. The second-order valence-corrected chi connectivity index (χ2v) is 5.66. The smallest absolute Gasteiger partial charge is 0.335 e. The predicted octanol–water partition coefficient (Wildman–Crippen LogP) is 2.05. The van der Waals surface area contributed by atoms with E-state index in [0.29, 0.717) is 25.6 Å². The van der Waals surface area contributed by atoms with Gasteiger partial charge in [0.05, 0.1) is 5.56 Å². The summed E-state index contributed by atoms with van der Waals surface area (Å²) in [6.45, 7) is 5.47. The lowest BCUT2D eigenvalue weighted by molar-refractivity contribution is -0.118. The Bertz CT molecular complexity index is 540. The van der Waals surface area contributed by atoms with Gasteiger partial charge in [-0.2, -0.15) is 0 Å². The van der Waals surface area contributed by atoms with E-state index in [-0.39, 0.29) is 11.5 Å². The molecule has 114 valence electrons. The maximum Gasteiger partial charge on any atom is 0.335 e. The number of hydrogen-bond donors (Lipinski definition) is 2. The van der Waals surface area contributed by atoms with Gasteiger partial charge in [0.2, 0.25) is 5.91 Å². The molecule has 0 radical (unpaired) electrons. The molecule has 1 aliphatic heterocycles. The number of amides is 1. The zero-order valence-corrected chi connectivity index (χ0v) is 12.6. The van der Waals surface area contributed by atoms with Crippen molar-refractivity contribution >= 4 is 17.6 Å². The highest BCUT2D eigenvalue weighted by molar-refractivity contribution is 5.96. The van der Waals surface area contributed by atoms with Crippen LogP contribution in [0.1, 0.15) is 42.6 Å². The molecule has 1 heterocycles. The van der Waals surface area contributed by atoms with Gasteiger partial charge in [-0.25, -0.2) is 4.79 Å². The van der Waals surface area contributed by atoms with Crippen molar-refractivity contribution in [1.29, 1.82) is 0 Å². The molecule has 0 fully saturated rings. The molecule has 0 aromatic heterocycles. The van der Waals surface area contributed by atoms with Crippen LogP contribution in [0.15, 0.2) is 18.2 Å². The molecule has 0 atom stereocenters. The summed E-state index contributed by atoms with van der Waals surface area (Å²) in [6.07, 6.45) is 2.15. The van der Waals surface area contributed by atoms with Gasteiger partial charge in [-0.15, -0.1) is 0 Å². The zero-order valence-electron chi connectivity index (χ0n) is 12.6. The van der Waals surface area contributed by atoms with E-state index in [9.17, 15) is 9.59 Å². The lowest BCUT2D eigenvalue weighted by Gasteiger charge is -2.30. The lowest BCUT2D eigenvalue weighted by atomic mass is 9.99. The molecule has 2 N–H and O–H groups in total. The van der Waals surface area contributed by atoms with E-state index in [4.69, 9.17) is 5.11 Å². The Hall–Kier alpha value is -1.88. The Kier molecular flexibility index (Phi) is 4.96. The number of aromatic carboxylic acids is 1. The summed E-state index contributed by atoms with van der Waals surface area (Å²) in [5.41, 5.74) is 2.09. The number of rotatable bonds is 5. The Labute approximate surface area is 125 Å². The first-order chi connectivity index (χ1) is 9.99. The van der Waals surface area contributed by atoms with Gasteiger partial charge in [-0.05, 0) is 36.6 Å². The third-order valence-corrected chi connectivity index (χ3v) is 3.64. The standard InChI is InChI=1S/C16H22N2O3/c1-11(2)17-8-7-15(19)18-9-3-4-12-10-13(16(20)21)5-6-14(12)18/h5-6,10-11,17H,3-4,7-9H2,1-2H3,(H,20,21). The van der Waals surface area contributed by atoms with Crippen LogP contribution in [0.25, 0.3) is 0 Å². The number of carbonyl (C=O) groups is 2. The molecule has 1 aromatic carbocycles. The SMILES string of the molecule is CC(C)NCCC(=O)N1CCCc2cc(C(=O)O)ccc21. The fourth-order valence-electron chi connectivity index (χ4n) is 2.59. The van der Waals surface area contributed by atoms with Gasteiger partial charge in [0, 0.05) is 31.2 Å². The summed E-state index contributed by atoms with van der Waals surface area (Å²) in [5.74, 6) is -0.838. The van der Waals surface area contributed by atoms with E-state index in [1.165, 1.54) is 0 Å². The van der Waals surface area contributed by atoms with Crippen LogP contribution in [0.3, 0.4) is 0 Å². The second-order valence-electron chi connectivity index (χ2n) is 5.66. The van der Waals surface area contributed by atoms with Crippen molar-refractivity contribution in [3.8, 4) is 0 Å². The van der Waals surface area contributed by atoms with Crippen LogP contribution in [-0.4, -0.2) is 36.1 Å². The van der Waals surface area contributed by atoms with E-state index >= 15 is 0 Å². The van der Waals surface area contributed by atoms with E-state index in [1.807, 2.05) is 13.8 Å². The van der Waals surface area contributed by atoms with Crippen LogP contribution in [0.2, 0.25) is 0 Å².